The maximum Gasteiger partial charge on any atom is 0.0123 e. The van der Waals surface area contributed by atoms with Gasteiger partial charge in [-0.3, -0.25) is 0 Å². The Morgan fingerprint density at radius 1 is 1.27 bits per heavy atom. The molecule has 0 aromatic rings. The molecule has 1 heterocycles. The van der Waals surface area contributed by atoms with E-state index in [1.807, 2.05) is 0 Å². The highest BCUT2D eigenvalue weighted by Gasteiger charge is 2.44. The van der Waals surface area contributed by atoms with Crippen molar-refractivity contribution in [1.29, 1.82) is 0 Å². The van der Waals surface area contributed by atoms with Gasteiger partial charge in [0.15, 0.2) is 0 Å². The Balaban J connectivity index is 1.83. The fourth-order valence-electron chi connectivity index (χ4n) is 2.21. The minimum Gasteiger partial charge on any atom is -0.302 e. The zero-order chi connectivity index (χ0) is 7.73. The van der Waals surface area contributed by atoms with E-state index >= 15 is 0 Å². The van der Waals surface area contributed by atoms with Gasteiger partial charge in [-0.05, 0) is 37.6 Å². The first-order valence-corrected chi connectivity index (χ1v) is 6.16. The third kappa shape index (κ3) is 1.89. The first-order chi connectivity index (χ1) is 5.35. The quantitative estimate of drug-likeness (QED) is 0.547. The molecule has 1 spiro atoms. The number of alkyl halides is 1. The molecule has 0 amide bonds. The highest BCUT2D eigenvalue weighted by molar-refractivity contribution is 14.1. The summed E-state index contributed by atoms with van der Waals surface area (Å²) in [4.78, 5) is 2.66. The molecule has 1 aliphatic heterocycles. The van der Waals surface area contributed by atoms with E-state index in [0.29, 0.717) is 0 Å². The predicted molar refractivity (Wildman–Crippen MR) is 56.2 cm³/mol. The van der Waals surface area contributed by atoms with E-state index in [2.05, 4.69) is 27.5 Å². The summed E-state index contributed by atoms with van der Waals surface area (Å²) in [7, 11) is 0. The lowest BCUT2D eigenvalue weighted by molar-refractivity contribution is 0.171. The van der Waals surface area contributed by atoms with Crippen LogP contribution in [0.1, 0.15) is 25.7 Å². The fraction of sp³-hybridized carbons (Fsp3) is 1.00. The third-order valence-corrected chi connectivity index (χ3v) is 3.58. The predicted octanol–water partition coefficient (Wildman–Crippen LogP) is 2.30. The number of piperidine rings is 1. The van der Waals surface area contributed by atoms with Crippen LogP contribution in [-0.2, 0) is 0 Å². The summed E-state index contributed by atoms with van der Waals surface area (Å²) in [6, 6.07) is 0. The van der Waals surface area contributed by atoms with Crippen LogP contribution in [-0.4, -0.2) is 29.0 Å². The smallest absolute Gasteiger partial charge is 0.0123 e. The Kier molecular flexibility index (Phi) is 2.42. The van der Waals surface area contributed by atoms with Crippen molar-refractivity contribution < 1.29 is 0 Å². The van der Waals surface area contributed by atoms with Crippen LogP contribution in [0, 0.1) is 5.41 Å². The van der Waals surface area contributed by atoms with E-state index in [1.54, 1.807) is 0 Å². The SMILES string of the molecule is ICCN1CCCC2(CC2)C1. The summed E-state index contributed by atoms with van der Waals surface area (Å²) in [5.74, 6) is 0. The van der Waals surface area contributed by atoms with Gasteiger partial charge in [0, 0.05) is 17.5 Å². The number of rotatable bonds is 2. The Bertz CT molecular complexity index is 140. The van der Waals surface area contributed by atoms with Gasteiger partial charge in [0.1, 0.15) is 0 Å². The molecule has 2 heteroatoms. The van der Waals surface area contributed by atoms with E-state index in [1.165, 1.54) is 49.7 Å². The number of hydrogen-bond donors (Lipinski definition) is 0. The molecule has 0 atom stereocenters. The van der Waals surface area contributed by atoms with Crippen molar-refractivity contribution in [2.24, 2.45) is 5.41 Å². The molecule has 0 bridgehead atoms. The summed E-state index contributed by atoms with van der Waals surface area (Å²) in [6.45, 7) is 4.10. The molecule has 2 fully saturated rings. The lowest BCUT2D eigenvalue weighted by atomic mass is 9.95. The molecule has 0 N–H and O–H groups in total. The van der Waals surface area contributed by atoms with Crippen molar-refractivity contribution in [3.05, 3.63) is 0 Å². The Morgan fingerprint density at radius 3 is 2.73 bits per heavy atom. The number of hydrogen-bond acceptors (Lipinski definition) is 1. The van der Waals surface area contributed by atoms with E-state index in [0.717, 1.165) is 5.41 Å². The standard InChI is InChI=1S/C9H16IN/c10-5-7-11-6-1-2-9(8-11)3-4-9/h1-8H2. The summed E-state index contributed by atoms with van der Waals surface area (Å²) in [5, 5.41) is 0. The molecule has 11 heavy (non-hydrogen) atoms. The highest BCUT2D eigenvalue weighted by Crippen LogP contribution is 2.51. The number of likely N-dealkylation sites (tertiary alicyclic amines) is 1. The van der Waals surface area contributed by atoms with E-state index in [-0.39, 0.29) is 0 Å². The van der Waals surface area contributed by atoms with Gasteiger partial charge in [0.25, 0.3) is 0 Å². The Morgan fingerprint density at radius 2 is 2.09 bits per heavy atom. The van der Waals surface area contributed by atoms with Crippen molar-refractivity contribution in [2.45, 2.75) is 25.7 Å². The van der Waals surface area contributed by atoms with Crippen molar-refractivity contribution in [3.8, 4) is 0 Å². The molecular formula is C9H16IN. The van der Waals surface area contributed by atoms with Crippen molar-refractivity contribution >= 4 is 22.6 Å². The molecule has 0 aromatic heterocycles. The molecular weight excluding hydrogens is 249 g/mol. The minimum atomic E-state index is 0.823. The molecule has 1 saturated heterocycles. The molecule has 1 saturated carbocycles. The zero-order valence-electron chi connectivity index (χ0n) is 6.98. The second-order valence-corrected chi connectivity index (χ2v) is 5.15. The molecule has 2 aliphatic rings. The first kappa shape index (κ1) is 8.30. The average molecular weight is 265 g/mol. The summed E-state index contributed by atoms with van der Waals surface area (Å²) >= 11 is 2.48. The van der Waals surface area contributed by atoms with Crippen molar-refractivity contribution in [1.82, 2.24) is 4.90 Å². The highest BCUT2D eigenvalue weighted by atomic mass is 127. The average Bonchev–Trinajstić information content (AvgIpc) is 2.70. The van der Waals surface area contributed by atoms with Crippen LogP contribution in [0.2, 0.25) is 0 Å². The second-order valence-electron chi connectivity index (χ2n) is 4.07. The minimum absolute atomic E-state index is 0.823. The Labute approximate surface area is 82.7 Å². The van der Waals surface area contributed by atoms with Crippen molar-refractivity contribution in [2.75, 3.05) is 24.1 Å². The van der Waals surface area contributed by atoms with Gasteiger partial charge in [-0.15, -0.1) is 0 Å². The first-order valence-electron chi connectivity index (χ1n) is 4.63. The lowest BCUT2D eigenvalue weighted by Crippen LogP contribution is -2.37. The van der Waals surface area contributed by atoms with Crippen LogP contribution in [0.15, 0.2) is 0 Å². The van der Waals surface area contributed by atoms with E-state index in [4.69, 9.17) is 0 Å². The van der Waals surface area contributed by atoms with Crippen LogP contribution in [0.25, 0.3) is 0 Å². The summed E-state index contributed by atoms with van der Waals surface area (Å²) in [5.41, 5.74) is 0.823. The summed E-state index contributed by atoms with van der Waals surface area (Å²) < 4.78 is 1.30. The van der Waals surface area contributed by atoms with Gasteiger partial charge >= 0.3 is 0 Å². The molecule has 1 aliphatic carbocycles. The molecule has 0 radical (unpaired) electrons. The van der Waals surface area contributed by atoms with Gasteiger partial charge in [0.2, 0.25) is 0 Å². The third-order valence-electron chi connectivity index (χ3n) is 3.10. The summed E-state index contributed by atoms with van der Waals surface area (Å²) in [6.07, 6.45) is 6.01. The zero-order valence-corrected chi connectivity index (χ0v) is 9.14. The van der Waals surface area contributed by atoms with Crippen LogP contribution in [0.5, 0.6) is 0 Å². The van der Waals surface area contributed by atoms with E-state index in [9.17, 15) is 0 Å². The Hall–Kier alpha value is 0.690. The molecule has 0 unspecified atom stereocenters. The van der Waals surface area contributed by atoms with Crippen LogP contribution in [0.3, 0.4) is 0 Å². The maximum absolute atomic E-state index is 2.66. The number of nitrogens with zero attached hydrogens (tertiary/aromatic N) is 1. The van der Waals surface area contributed by atoms with Gasteiger partial charge < -0.3 is 4.90 Å². The molecule has 1 nitrogen and oxygen atoms in total. The van der Waals surface area contributed by atoms with Crippen LogP contribution < -0.4 is 0 Å². The monoisotopic (exact) mass is 265 g/mol. The lowest BCUT2D eigenvalue weighted by Gasteiger charge is -2.32. The maximum atomic E-state index is 2.66. The molecule has 0 aromatic carbocycles. The normalized spacial score (nSPS) is 29.2. The number of halogens is 1. The second kappa shape index (κ2) is 3.21. The van der Waals surface area contributed by atoms with Crippen LogP contribution >= 0.6 is 22.6 Å². The molecule has 2 rings (SSSR count). The van der Waals surface area contributed by atoms with Gasteiger partial charge in [-0.1, -0.05) is 22.6 Å². The largest absolute Gasteiger partial charge is 0.302 e. The van der Waals surface area contributed by atoms with Crippen LogP contribution in [0.4, 0.5) is 0 Å². The fourth-order valence-corrected chi connectivity index (χ4v) is 2.89. The van der Waals surface area contributed by atoms with Gasteiger partial charge in [-0.25, -0.2) is 0 Å². The van der Waals surface area contributed by atoms with E-state index < -0.39 is 0 Å². The van der Waals surface area contributed by atoms with Crippen molar-refractivity contribution in [3.63, 3.8) is 0 Å². The van der Waals surface area contributed by atoms with Gasteiger partial charge in [-0.2, -0.15) is 0 Å². The topological polar surface area (TPSA) is 3.24 Å². The van der Waals surface area contributed by atoms with Gasteiger partial charge in [0.05, 0.1) is 0 Å². The molecule has 64 valence electrons.